The molecule has 18 heavy (non-hydrogen) atoms. The fraction of sp³-hybridized carbons (Fsp3) is 0.231. The van der Waals surface area contributed by atoms with Gasteiger partial charge in [-0.3, -0.25) is 0 Å². The first kappa shape index (κ1) is 12.8. The van der Waals surface area contributed by atoms with Gasteiger partial charge >= 0.3 is 0 Å². The molecule has 5 heteroatoms. The molecule has 2 rings (SSSR count). The van der Waals surface area contributed by atoms with E-state index < -0.39 is 0 Å². The van der Waals surface area contributed by atoms with Crippen molar-refractivity contribution in [2.45, 2.75) is 5.25 Å². The zero-order chi connectivity index (χ0) is 13.0. The average molecular weight is 261 g/mol. The molecule has 0 spiro atoms. The Hall–Kier alpha value is -1.68. The Kier molecular flexibility index (Phi) is 4.10. The molecule has 0 aromatic heterocycles. The van der Waals surface area contributed by atoms with Crippen LogP contribution in [0.15, 0.2) is 40.2 Å². The normalized spacial score (nSPS) is 17.8. The predicted molar refractivity (Wildman–Crippen MR) is 77.6 cm³/mol. The van der Waals surface area contributed by atoms with Crippen molar-refractivity contribution < 1.29 is 5.11 Å². The number of nitrogen functional groups attached to an aromatic ring is 2. The number of thioether (sulfide) groups is 1. The topological polar surface area (TPSA) is 84.6 Å². The average Bonchev–Trinajstić information content (AvgIpc) is 2.81. The van der Waals surface area contributed by atoms with Gasteiger partial charge in [0.25, 0.3) is 0 Å². The Labute approximate surface area is 110 Å². The van der Waals surface area contributed by atoms with E-state index in [4.69, 9.17) is 16.6 Å². The maximum Gasteiger partial charge on any atom is 0.0715 e. The van der Waals surface area contributed by atoms with Crippen molar-refractivity contribution >= 4 is 29.0 Å². The van der Waals surface area contributed by atoms with E-state index in [1.807, 2.05) is 23.6 Å². The second-order valence-corrected chi connectivity index (χ2v) is 4.90. The van der Waals surface area contributed by atoms with Crippen molar-refractivity contribution in [3.63, 3.8) is 0 Å². The highest BCUT2D eigenvalue weighted by Gasteiger charge is 2.21. The number of benzene rings is 1. The summed E-state index contributed by atoms with van der Waals surface area (Å²) in [5, 5.41) is 10.8. The van der Waals surface area contributed by atoms with Crippen LogP contribution in [0.25, 0.3) is 0 Å². The zero-order valence-corrected chi connectivity index (χ0v) is 10.7. The summed E-state index contributed by atoms with van der Waals surface area (Å²) in [5.74, 6) is 2.96. The molecule has 0 fully saturated rings. The largest absolute Gasteiger partial charge is 0.399 e. The Morgan fingerprint density at radius 1 is 1.39 bits per heavy atom. The SMILES string of the molecule is Nc1ccc(N)c(C2SC=CC2=C=NCCO)c1. The van der Waals surface area contributed by atoms with Crippen LogP contribution < -0.4 is 11.5 Å². The Morgan fingerprint density at radius 3 is 3.00 bits per heavy atom. The standard InChI is InChI=1S/C13H15N3OS/c14-10-1-2-12(15)11(7-10)13-9(3-6-18-13)8-16-4-5-17/h1-3,6-7,13,17H,4-5,14-15H2. The number of hydrogen-bond acceptors (Lipinski definition) is 5. The first-order chi connectivity index (χ1) is 8.72. The third-order valence-electron chi connectivity index (χ3n) is 2.56. The van der Waals surface area contributed by atoms with E-state index in [1.165, 1.54) is 0 Å². The first-order valence-electron chi connectivity index (χ1n) is 5.59. The lowest BCUT2D eigenvalue weighted by molar-refractivity contribution is 0.307. The molecule has 1 aromatic rings. The van der Waals surface area contributed by atoms with Gasteiger partial charge in [0.05, 0.1) is 18.4 Å². The van der Waals surface area contributed by atoms with Gasteiger partial charge in [0.15, 0.2) is 0 Å². The van der Waals surface area contributed by atoms with E-state index in [9.17, 15) is 0 Å². The van der Waals surface area contributed by atoms with Crippen molar-refractivity contribution in [1.82, 2.24) is 0 Å². The second-order valence-electron chi connectivity index (χ2n) is 3.88. The molecule has 0 amide bonds. The smallest absolute Gasteiger partial charge is 0.0715 e. The summed E-state index contributed by atoms with van der Waals surface area (Å²) in [6.45, 7) is 0.392. The van der Waals surface area contributed by atoms with Crippen LogP contribution in [0.4, 0.5) is 11.4 Å². The van der Waals surface area contributed by atoms with Crippen LogP contribution in [0.5, 0.6) is 0 Å². The van der Waals surface area contributed by atoms with E-state index >= 15 is 0 Å². The number of allylic oxidation sites excluding steroid dienone is 1. The van der Waals surface area contributed by atoms with Crippen molar-refractivity contribution in [3.05, 3.63) is 40.8 Å². The molecular weight excluding hydrogens is 246 g/mol. The molecule has 0 saturated carbocycles. The van der Waals surface area contributed by atoms with Gasteiger partial charge in [0.2, 0.25) is 0 Å². The quantitative estimate of drug-likeness (QED) is 0.571. The van der Waals surface area contributed by atoms with Gasteiger partial charge in [-0.05, 0) is 41.1 Å². The van der Waals surface area contributed by atoms with Crippen molar-refractivity contribution in [1.29, 1.82) is 0 Å². The molecule has 5 N–H and O–H groups in total. The fourth-order valence-electron chi connectivity index (χ4n) is 1.71. The fourth-order valence-corrected chi connectivity index (χ4v) is 2.72. The number of hydrogen-bond donors (Lipinski definition) is 3. The molecular formula is C13H15N3OS. The highest BCUT2D eigenvalue weighted by molar-refractivity contribution is 8.02. The number of rotatable bonds is 3. The summed E-state index contributed by atoms with van der Waals surface area (Å²) < 4.78 is 0. The lowest BCUT2D eigenvalue weighted by Crippen LogP contribution is -2.01. The van der Waals surface area contributed by atoms with E-state index in [2.05, 4.69) is 10.9 Å². The highest BCUT2D eigenvalue weighted by atomic mass is 32.2. The molecule has 1 aromatic carbocycles. The lowest BCUT2D eigenvalue weighted by Gasteiger charge is -2.13. The third kappa shape index (κ3) is 2.76. The zero-order valence-electron chi connectivity index (χ0n) is 9.84. The van der Waals surface area contributed by atoms with Crippen molar-refractivity contribution in [2.75, 3.05) is 24.6 Å². The molecule has 94 valence electrons. The van der Waals surface area contributed by atoms with Crippen molar-refractivity contribution in [2.24, 2.45) is 4.99 Å². The lowest BCUT2D eigenvalue weighted by atomic mass is 10.0. The van der Waals surface area contributed by atoms with E-state index in [1.54, 1.807) is 17.8 Å². The maximum absolute atomic E-state index is 8.70. The number of aliphatic imine (C=N–C) groups is 1. The minimum Gasteiger partial charge on any atom is -0.399 e. The van der Waals surface area contributed by atoms with E-state index in [0.717, 1.165) is 11.1 Å². The van der Waals surface area contributed by atoms with Gasteiger partial charge < -0.3 is 16.6 Å². The van der Waals surface area contributed by atoms with Gasteiger partial charge in [-0.25, -0.2) is 4.99 Å². The monoisotopic (exact) mass is 261 g/mol. The summed E-state index contributed by atoms with van der Waals surface area (Å²) in [6, 6.07) is 5.48. The highest BCUT2D eigenvalue weighted by Crippen LogP contribution is 2.43. The van der Waals surface area contributed by atoms with E-state index in [-0.39, 0.29) is 11.9 Å². The number of nitrogens with zero attached hydrogens (tertiary/aromatic N) is 1. The van der Waals surface area contributed by atoms with Crippen LogP contribution in [0.3, 0.4) is 0 Å². The molecule has 0 radical (unpaired) electrons. The molecule has 1 aliphatic rings. The molecule has 1 heterocycles. The minimum atomic E-state index is 0.0300. The molecule has 0 saturated heterocycles. The van der Waals surface area contributed by atoms with Gasteiger partial charge in [-0.1, -0.05) is 0 Å². The molecule has 0 bridgehead atoms. The number of nitrogens with two attached hydrogens (primary N) is 2. The summed E-state index contributed by atoms with van der Waals surface area (Å²) >= 11 is 1.65. The number of aliphatic hydroxyl groups is 1. The van der Waals surface area contributed by atoms with Crippen LogP contribution in [0.1, 0.15) is 10.8 Å². The van der Waals surface area contributed by atoms with Gasteiger partial charge in [0.1, 0.15) is 0 Å². The minimum absolute atomic E-state index is 0.0300. The second kappa shape index (κ2) is 5.78. The van der Waals surface area contributed by atoms with E-state index in [0.29, 0.717) is 17.9 Å². The van der Waals surface area contributed by atoms with Crippen LogP contribution in [-0.2, 0) is 0 Å². The summed E-state index contributed by atoms with van der Waals surface area (Å²) in [7, 11) is 0. The summed E-state index contributed by atoms with van der Waals surface area (Å²) in [5.41, 5.74) is 15.1. The summed E-state index contributed by atoms with van der Waals surface area (Å²) in [4.78, 5) is 4.03. The number of aliphatic hydroxyl groups excluding tert-OH is 1. The van der Waals surface area contributed by atoms with Gasteiger partial charge in [0, 0.05) is 16.9 Å². The maximum atomic E-state index is 8.70. The Bertz CT molecular complexity index is 533. The van der Waals surface area contributed by atoms with Crippen molar-refractivity contribution in [3.8, 4) is 0 Å². The molecule has 1 unspecified atom stereocenters. The van der Waals surface area contributed by atoms with Crippen LogP contribution >= 0.6 is 11.8 Å². The van der Waals surface area contributed by atoms with Crippen LogP contribution in [0.2, 0.25) is 0 Å². The van der Waals surface area contributed by atoms with Gasteiger partial charge in [-0.15, -0.1) is 11.8 Å². The van der Waals surface area contributed by atoms with Gasteiger partial charge in [-0.2, -0.15) is 0 Å². The molecule has 0 aliphatic carbocycles. The molecule has 1 atom stereocenters. The third-order valence-corrected chi connectivity index (χ3v) is 3.63. The summed E-state index contributed by atoms with van der Waals surface area (Å²) in [6.07, 6.45) is 1.96. The van der Waals surface area contributed by atoms with Crippen LogP contribution in [-0.4, -0.2) is 24.1 Å². The predicted octanol–water partition coefficient (Wildman–Crippen LogP) is 1.74. The molecule has 1 aliphatic heterocycles. The first-order valence-corrected chi connectivity index (χ1v) is 6.54. The number of anilines is 2. The molecule has 4 nitrogen and oxygen atoms in total. The Morgan fingerprint density at radius 2 is 2.22 bits per heavy atom. The Balaban J connectivity index is 2.33. The van der Waals surface area contributed by atoms with Crippen LogP contribution in [0, 0.1) is 0 Å².